The lowest BCUT2D eigenvalue weighted by molar-refractivity contribution is -0.187. The number of likely N-dealkylation sites (tertiary alicyclic amines) is 1. The van der Waals surface area contributed by atoms with Crippen molar-refractivity contribution in [2.24, 2.45) is 18.9 Å². The standard InChI is InChI=1S/C13H13F3N2O4/c1-17-4-7(2-3-10(17)19)11(20)18-5-8(12(21)22)9(6-18)13(14,15)16/h2-4,8-9H,5-6H2,1H3,(H,21,22)/t8-,9-/m1/s1. The topological polar surface area (TPSA) is 79.6 Å². The summed E-state index contributed by atoms with van der Waals surface area (Å²) in [6, 6.07) is 2.33. The Morgan fingerprint density at radius 3 is 2.36 bits per heavy atom. The molecule has 22 heavy (non-hydrogen) atoms. The Labute approximate surface area is 122 Å². The van der Waals surface area contributed by atoms with E-state index in [1.54, 1.807) is 0 Å². The van der Waals surface area contributed by atoms with Crippen molar-refractivity contribution >= 4 is 11.9 Å². The maximum Gasteiger partial charge on any atom is 0.394 e. The lowest BCUT2D eigenvalue weighted by Crippen LogP contribution is -2.34. The molecule has 120 valence electrons. The summed E-state index contributed by atoms with van der Waals surface area (Å²) in [5.41, 5.74) is -0.330. The number of rotatable bonds is 2. The van der Waals surface area contributed by atoms with E-state index in [2.05, 4.69) is 0 Å². The molecule has 1 aliphatic heterocycles. The zero-order chi connectivity index (χ0) is 16.7. The third-order valence-corrected chi connectivity index (χ3v) is 3.68. The highest BCUT2D eigenvalue weighted by atomic mass is 19.4. The van der Waals surface area contributed by atoms with Gasteiger partial charge in [-0.25, -0.2) is 0 Å². The molecule has 1 aromatic rings. The number of aryl methyl sites for hydroxylation is 1. The van der Waals surface area contributed by atoms with Gasteiger partial charge in [0.15, 0.2) is 0 Å². The summed E-state index contributed by atoms with van der Waals surface area (Å²) in [6.07, 6.45) is -3.48. The zero-order valence-corrected chi connectivity index (χ0v) is 11.5. The third-order valence-electron chi connectivity index (χ3n) is 3.68. The van der Waals surface area contributed by atoms with Crippen LogP contribution in [0.25, 0.3) is 0 Å². The molecule has 6 nitrogen and oxygen atoms in total. The van der Waals surface area contributed by atoms with Crippen LogP contribution in [-0.2, 0) is 11.8 Å². The van der Waals surface area contributed by atoms with Crippen LogP contribution in [-0.4, -0.2) is 45.7 Å². The first-order chi connectivity index (χ1) is 10.1. The highest BCUT2D eigenvalue weighted by molar-refractivity contribution is 5.94. The van der Waals surface area contributed by atoms with Crippen molar-refractivity contribution in [1.82, 2.24) is 9.47 Å². The largest absolute Gasteiger partial charge is 0.481 e. The van der Waals surface area contributed by atoms with E-state index in [-0.39, 0.29) is 11.1 Å². The number of carboxylic acids is 1. The van der Waals surface area contributed by atoms with Gasteiger partial charge in [0.25, 0.3) is 5.91 Å². The molecule has 9 heteroatoms. The molecular weight excluding hydrogens is 305 g/mol. The Balaban J connectivity index is 2.26. The minimum absolute atomic E-state index is 0.0362. The van der Waals surface area contributed by atoms with Crippen LogP contribution in [0.2, 0.25) is 0 Å². The van der Waals surface area contributed by atoms with Crippen molar-refractivity contribution in [1.29, 1.82) is 0 Å². The first-order valence-electron chi connectivity index (χ1n) is 6.36. The van der Waals surface area contributed by atoms with Gasteiger partial charge >= 0.3 is 12.1 Å². The smallest absolute Gasteiger partial charge is 0.394 e. The fourth-order valence-electron chi connectivity index (χ4n) is 2.45. The van der Waals surface area contributed by atoms with E-state index >= 15 is 0 Å². The van der Waals surface area contributed by atoms with E-state index < -0.39 is 43.0 Å². The minimum Gasteiger partial charge on any atom is -0.481 e. The van der Waals surface area contributed by atoms with Gasteiger partial charge in [-0.3, -0.25) is 14.4 Å². The van der Waals surface area contributed by atoms with E-state index in [1.165, 1.54) is 19.3 Å². The normalized spacial score (nSPS) is 21.9. The first kappa shape index (κ1) is 16.1. The predicted octanol–water partition coefficient (Wildman–Crippen LogP) is 0.720. The van der Waals surface area contributed by atoms with Gasteiger partial charge in [0.1, 0.15) is 0 Å². The lowest BCUT2D eigenvalue weighted by Gasteiger charge is -2.18. The molecule has 0 bridgehead atoms. The van der Waals surface area contributed by atoms with Crippen molar-refractivity contribution in [3.05, 3.63) is 34.2 Å². The molecule has 2 rings (SSSR count). The van der Waals surface area contributed by atoms with Gasteiger partial charge in [-0.15, -0.1) is 0 Å². The van der Waals surface area contributed by atoms with E-state index in [0.717, 1.165) is 15.5 Å². The summed E-state index contributed by atoms with van der Waals surface area (Å²) in [6.45, 7) is -1.22. The van der Waals surface area contributed by atoms with E-state index in [1.807, 2.05) is 0 Å². The van der Waals surface area contributed by atoms with Crippen LogP contribution in [0.3, 0.4) is 0 Å². The number of hydrogen-bond donors (Lipinski definition) is 1. The van der Waals surface area contributed by atoms with Gasteiger partial charge in [-0.2, -0.15) is 13.2 Å². The van der Waals surface area contributed by atoms with E-state index in [4.69, 9.17) is 5.11 Å². The third kappa shape index (κ3) is 2.97. The number of carboxylic acid groups (broad SMARTS) is 1. The summed E-state index contributed by atoms with van der Waals surface area (Å²) >= 11 is 0. The Bertz CT molecular complexity index is 668. The van der Waals surface area contributed by atoms with Crippen molar-refractivity contribution in [2.75, 3.05) is 13.1 Å². The number of nitrogens with zero attached hydrogens (tertiary/aromatic N) is 2. The second-order valence-corrected chi connectivity index (χ2v) is 5.17. The Kier molecular flexibility index (Phi) is 3.99. The second-order valence-electron chi connectivity index (χ2n) is 5.17. The summed E-state index contributed by atoms with van der Waals surface area (Å²) in [5.74, 6) is -6.09. The predicted molar refractivity (Wildman–Crippen MR) is 68.3 cm³/mol. The van der Waals surface area contributed by atoms with E-state index in [0.29, 0.717) is 0 Å². The van der Waals surface area contributed by atoms with Crippen LogP contribution >= 0.6 is 0 Å². The summed E-state index contributed by atoms with van der Waals surface area (Å²) in [4.78, 5) is 35.3. The Hall–Kier alpha value is -2.32. The van der Waals surface area contributed by atoms with Crippen molar-refractivity contribution in [3.8, 4) is 0 Å². The number of alkyl halides is 3. The molecule has 0 saturated carbocycles. The van der Waals surface area contributed by atoms with Crippen LogP contribution in [0, 0.1) is 11.8 Å². The lowest BCUT2D eigenvalue weighted by atomic mass is 9.96. The average molecular weight is 318 g/mol. The number of aliphatic carboxylic acids is 1. The fraction of sp³-hybridized carbons (Fsp3) is 0.462. The average Bonchev–Trinajstić information content (AvgIpc) is 2.86. The molecule has 0 spiro atoms. The van der Waals surface area contributed by atoms with Gasteiger partial charge in [0.05, 0.1) is 17.4 Å². The molecule has 1 aromatic heterocycles. The summed E-state index contributed by atoms with van der Waals surface area (Å²) in [5, 5.41) is 8.91. The van der Waals surface area contributed by atoms with Gasteiger partial charge in [-0.1, -0.05) is 0 Å². The maximum absolute atomic E-state index is 12.9. The van der Waals surface area contributed by atoms with Crippen LogP contribution in [0.4, 0.5) is 13.2 Å². The van der Waals surface area contributed by atoms with Crippen molar-refractivity contribution in [3.63, 3.8) is 0 Å². The first-order valence-corrected chi connectivity index (χ1v) is 6.36. The van der Waals surface area contributed by atoms with Crippen LogP contribution in [0.15, 0.2) is 23.1 Å². The maximum atomic E-state index is 12.9. The van der Waals surface area contributed by atoms with Crippen molar-refractivity contribution in [2.45, 2.75) is 6.18 Å². The number of halogens is 3. The molecule has 1 amide bonds. The molecule has 2 heterocycles. The molecule has 1 saturated heterocycles. The molecule has 0 radical (unpaired) electrons. The highest BCUT2D eigenvalue weighted by Gasteiger charge is 2.53. The SMILES string of the molecule is Cn1cc(C(=O)N2C[C@@H](C(F)(F)F)[C@H](C(=O)O)C2)ccc1=O. The van der Waals surface area contributed by atoms with Crippen LogP contribution < -0.4 is 5.56 Å². The molecule has 0 unspecified atom stereocenters. The Morgan fingerprint density at radius 1 is 1.27 bits per heavy atom. The number of carbonyl (C=O) groups is 2. The van der Waals surface area contributed by atoms with Gasteiger partial charge in [0, 0.05) is 32.4 Å². The summed E-state index contributed by atoms with van der Waals surface area (Å²) < 4.78 is 39.8. The quantitative estimate of drug-likeness (QED) is 0.871. The van der Waals surface area contributed by atoms with E-state index in [9.17, 15) is 27.6 Å². The number of amides is 1. The molecule has 0 aromatic carbocycles. The molecule has 1 aliphatic rings. The van der Waals surface area contributed by atoms with Crippen molar-refractivity contribution < 1.29 is 27.9 Å². The summed E-state index contributed by atoms with van der Waals surface area (Å²) in [7, 11) is 1.40. The Morgan fingerprint density at radius 2 is 1.91 bits per heavy atom. The second kappa shape index (κ2) is 5.47. The number of aromatic nitrogens is 1. The van der Waals surface area contributed by atoms with Crippen LogP contribution in [0.1, 0.15) is 10.4 Å². The molecule has 0 aliphatic carbocycles. The molecular formula is C13H13F3N2O4. The minimum atomic E-state index is -4.69. The number of hydrogen-bond acceptors (Lipinski definition) is 3. The number of carbonyl (C=O) groups excluding carboxylic acids is 1. The zero-order valence-electron chi connectivity index (χ0n) is 11.5. The van der Waals surface area contributed by atoms with Crippen LogP contribution in [0.5, 0.6) is 0 Å². The highest BCUT2D eigenvalue weighted by Crippen LogP contribution is 2.38. The fourth-order valence-corrected chi connectivity index (χ4v) is 2.45. The molecule has 1 N–H and O–H groups in total. The molecule has 1 fully saturated rings. The monoisotopic (exact) mass is 318 g/mol. The molecule has 2 atom stereocenters. The van der Waals surface area contributed by atoms with Gasteiger partial charge < -0.3 is 14.6 Å². The number of pyridine rings is 1. The van der Waals surface area contributed by atoms with Gasteiger partial charge in [0.2, 0.25) is 5.56 Å². The van der Waals surface area contributed by atoms with Gasteiger partial charge in [-0.05, 0) is 6.07 Å².